The van der Waals surface area contributed by atoms with Crippen LogP contribution in [0.2, 0.25) is 5.02 Å². The van der Waals surface area contributed by atoms with Crippen molar-refractivity contribution in [1.29, 1.82) is 5.26 Å². The van der Waals surface area contributed by atoms with Gasteiger partial charge < -0.3 is 5.32 Å². The summed E-state index contributed by atoms with van der Waals surface area (Å²) in [5.41, 5.74) is 6.78. The molecule has 0 aliphatic rings. The van der Waals surface area contributed by atoms with E-state index in [-0.39, 0.29) is 12.5 Å². The molecule has 0 radical (unpaired) electrons. The van der Waals surface area contributed by atoms with Gasteiger partial charge in [0.1, 0.15) is 16.8 Å². The zero-order chi connectivity index (χ0) is 23.7. The fourth-order valence-electron chi connectivity index (χ4n) is 3.66. The Labute approximate surface area is 199 Å². The van der Waals surface area contributed by atoms with Crippen molar-refractivity contribution in [3.63, 3.8) is 0 Å². The molecule has 0 saturated carbocycles. The molecular weight excluding hydrogens is 461 g/mol. The summed E-state index contributed by atoms with van der Waals surface area (Å²) >= 11 is 7.43. The Kier molecular flexibility index (Phi) is 6.27. The van der Waals surface area contributed by atoms with Crippen molar-refractivity contribution in [2.45, 2.75) is 27.3 Å². The molecule has 2 heterocycles. The Hall–Kier alpha value is -3.54. The summed E-state index contributed by atoms with van der Waals surface area (Å²) in [6.45, 7) is 5.58. The molecule has 0 bridgehead atoms. The van der Waals surface area contributed by atoms with Crippen molar-refractivity contribution < 1.29 is 9.18 Å². The number of nitriles is 1. The minimum absolute atomic E-state index is 0.0727. The lowest BCUT2D eigenvalue weighted by Gasteiger charge is -2.09. The second kappa shape index (κ2) is 9.14. The third-order valence-electron chi connectivity index (χ3n) is 5.34. The zero-order valence-electron chi connectivity index (χ0n) is 18.1. The standard InChI is InChI=1S/C24H19ClFN5OS/c1-13-22(15(3)31(30-13)19-7-6-17(10-27)20(25)9-19)16-4-5-18(21(26)8-16)11-28-24(32)23-14(2)29-12-33-23/h4-9,12H,11H2,1-3H3,(H,28,32). The number of rotatable bonds is 5. The first-order valence-corrected chi connectivity index (χ1v) is 11.3. The second-order valence-corrected chi connectivity index (χ2v) is 8.75. The lowest BCUT2D eigenvalue weighted by atomic mass is 10.0. The number of amides is 1. The first-order chi connectivity index (χ1) is 15.8. The molecule has 1 N–H and O–H groups in total. The Morgan fingerprint density at radius 3 is 2.64 bits per heavy atom. The second-order valence-electron chi connectivity index (χ2n) is 7.49. The summed E-state index contributed by atoms with van der Waals surface area (Å²) in [6.07, 6.45) is 0. The van der Waals surface area contributed by atoms with E-state index in [4.69, 9.17) is 16.9 Å². The molecule has 0 unspecified atom stereocenters. The van der Waals surface area contributed by atoms with Crippen molar-refractivity contribution in [3.8, 4) is 22.9 Å². The van der Waals surface area contributed by atoms with Crippen LogP contribution in [0.25, 0.3) is 16.8 Å². The van der Waals surface area contributed by atoms with Crippen LogP contribution in [0.4, 0.5) is 4.39 Å². The normalized spacial score (nSPS) is 10.8. The maximum absolute atomic E-state index is 14.9. The summed E-state index contributed by atoms with van der Waals surface area (Å²) in [4.78, 5) is 16.9. The number of nitrogens with one attached hydrogen (secondary N) is 1. The van der Waals surface area contributed by atoms with Crippen LogP contribution in [-0.2, 0) is 6.54 Å². The largest absolute Gasteiger partial charge is 0.347 e. The molecule has 166 valence electrons. The fourth-order valence-corrected chi connectivity index (χ4v) is 4.60. The van der Waals surface area contributed by atoms with Crippen molar-refractivity contribution >= 4 is 28.8 Å². The smallest absolute Gasteiger partial charge is 0.263 e. The summed E-state index contributed by atoms with van der Waals surface area (Å²) in [5, 5.41) is 16.8. The SMILES string of the molecule is Cc1ncsc1C(=O)NCc1ccc(-c2c(C)nn(-c3ccc(C#N)c(Cl)c3)c2C)cc1F. The van der Waals surface area contributed by atoms with E-state index < -0.39 is 5.82 Å². The lowest BCUT2D eigenvalue weighted by molar-refractivity contribution is 0.0954. The summed E-state index contributed by atoms with van der Waals surface area (Å²) < 4.78 is 16.6. The van der Waals surface area contributed by atoms with Gasteiger partial charge in [0.05, 0.1) is 33.2 Å². The van der Waals surface area contributed by atoms with Crippen LogP contribution >= 0.6 is 22.9 Å². The molecule has 4 aromatic rings. The highest BCUT2D eigenvalue weighted by Gasteiger charge is 2.18. The molecule has 9 heteroatoms. The predicted octanol–water partition coefficient (Wildman–Crippen LogP) is 5.52. The number of hydrogen-bond donors (Lipinski definition) is 1. The van der Waals surface area contributed by atoms with Gasteiger partial charge in [0, 0.05) is 23.4 Å². The number of benzene rings is 2. The molecule has 0 aliphatic heterocycles. The topological polar surface area (TPSA) is 83.6 Å². The molecule has 0 atom stereocenters. The van der Waals surface area contributed by atoms with Crippen LogP contribution in [0.5, 0.6) is 0 Å². The maximum Gasteiger partial charge on any atom is 0.263 e. The monoisotopic (exact) mass is 479 g/mol. The Morgan fingerprint density at radius 1 is 1.21 bits per heavy atom. The van der Waals surface area contributed by atoms with Gasteiger partial charge in [-0.15, -0.1) is 11.3 Å². The van der Waals surface area contributed by atoms with Gasteiger partial charge >= 0.3 is 0 Å². The van der Waals surface area contributed by atoms with Gasteiger partial charge in [0.25, 0.3) is 5.91 Å². The molecule has 33 heavy (non-hydrogen) atoms. The van der Waals surface area contributed by atoms with E-state index in [0.29, 0.717) is 38.0 Å². The number of nitrogens with zero attached hydrogens (tertiary/aromatic N) is 4. The number of aryl methyl sites for hydroxylation is 2. The molecule has 0 spiro atoms. The summed E-state index contributed by atoms with van der Waals surface area (Å²) in [5.74, 6) is -0.686. The first kappa shape index (κ1) is 22.6. The van der Waals surface area contributed by atoms with Gasteiger partial charge in [-0.25, -0.2) is 14.1 Å². The molecule has 6 nitrogen and oxygen atoms in total. The third kappa shape index (κ3) is 4.38. The van der Waals surface area contributed by atoms with Gasteiger partial charge in [-0.05, 0) is 50.6 Å². The van der Waals surface area contributed by atoms with Gasteiger partial charge in [-0.1, -0.05) is 23.7 Å². The number of aromatic nitrogens is 3. The Balaban J connectivity index is 1.59. The molecule has 0 saturated heterocycles. The van der Waals surface area contributed by atoms with Crippen molar-refractivity contribution in [2.24, 2.45) is 0 Å². The number of carbonyl (C=O) groups excluding carboxylic acids is 1. The average molecular weight is 480 g/mol. The summed E-state index contributed by atoms with van der Waals surface area (Å²) in [6, 6.07) is 12.1. The van der Waals surface area contributed by atoms with E-state index >= 15 is 0 Å². The highest BCUT2D eigenvalue weighted by molar-refractivity contribution is 7.11. The first-order valence-electron chi connectivity index (χ1n) is 10.0. The van der Waals surface area contributed by atoms with Crippen LogP contribution in [0.1, 0.15) is 37.9 Å². The molecule has 2 aromatic carbocycles. The van der Waals surface area contributed by atoms with E-state index in [1.165, 1.54) is 17.4 Å². The minimum atomic E-state index is -0.415. The maximum atomic E-state index is 14.9. The van der Waals surface area contributed by atoms with Crippen molar-refractivity contribution in [2.75, 3.05) is 0 Å². The minimum Gasteiger partial charge on any atom is -0.347 e. The fraction of sp³-hybridized carbons (Fsp3) is 0.167. The third-order valence-corrected chi connectivity index (χ3v) is 6.58. The average Bonchev–Trinajstić information content (AvgIpc) is 3.35. The molecular formula is C24H19ClFN5OS. The van der Waals surface area contributed by atoms with E-state index in [1.54, 1.807) is 41.4 Å². The number of halogens is 2. The summed E-state index contributed by atoms with van der Waals surface area (Å²) in [7, 11) is 0. The molecule has 1 amide bonds. The van der Waals surface area contributed by atoms with E-state index in [2.05, 4.69) is 15.4 Å². The number of carbonyl (C=O) groups is 1. The van der Waals surface area contributed by atoms with Gasteiger partial charge in [-0.3, -0.25) is 4.79 Å². The number of thiazole rings is 1. The number of hydrogen-bond acceptors (Lipinski definition) is 5. The quantitative estimate of drug-likeness (QED) is 0.408. The van der Waals surface area contributed by atoms with Crippen LogP contribution < -0.4 is 5.32 Å². The Bertz CT molecular complexity index is 1420. The molecule has 0 fully saturated rings. The van der Waals surface area contributed by atoms with Gasteiger partial charge in [0.2, 0.25) is 0 Å². The van der Waals surface area contributed by atoms with Gasteiger partial charge in [-0.2, -0.15) is 10.4 Å². The highest BCUT2D eigenvalue weighted by atomic mass is 35.5. The van der Waals surface area contributed by atoms with Crippen molar-refractivity contribution in [1.82, 2.24) is 20.1 Å². The molecule has 2 aromatic heterocycles. The molecule has 4 rings (SSSR count). The zero-order valence-corrected chi connectivity index (χ0v) is 19.7. The highest BCUT2D eigenvalue weighted by Crippen LogP contribution is 2.31. The van der Waals surface area contributed by atoms with Crippen LogP contribution in [-0.4, -0.2) is 20.7 Å². The lowest BCUT2D eigenvalue weighted by Crippen LogP contribution is -2.23. The Morgan fingerprint density at radius 2 is 2.00 bits per heavy atom. The van der Waals surface area contributed by atoms with E-state index in [1.807, 2.05) is 26.0 Å². The predicted molar refractivity (Wildman–Crippen MR) is 126 cm³/mol. The van der Waals surface area contributed by atoms with Gasteiger partial charge in [0.15, 0.2) is 0 Å². The van der Waals surface area contributed by atoms with Crippen molar-refractivity contribution in [3.05, 3.63) is 85.8 Å². The molecule has 0 aliphatic carbocycles. The van der Waals surface area contributed by atoms with Crippen LogP contribution in [0, 0.1) is 37.9 Å². The van der Waals surface area contributed by atoms with Crippen LogP contribution in [0.15, 0.2) is 41.9 Å². The van der Waals surface area contributed by atoms with E-state index in [0.717, 1.165) is 17.0 Å². The van der Waals surface area contributed by atoms with E-state index in [9.17, 15) is 9.18 Å². The van der Waals surface area contributed by atoms with Crippen LogP contribution in [0.3, 0.4) is 0 Å².